The summed E-state index contributed by atoms with van der Waals surface area (Å²) in [5, 5.41) is 0. The molecular weight excluding hydrogens is 261 g/mol. The summed E-state index contributed by atoms with van der Waals surface area (Å²) in [5.41, 5.74) is 3.69. The van der Waals surface area contributed by atoms with Crippen LogP contribution in [-0.4, -0.2) is 16.9 Å². The zero-order chi connectivity index (χ0) is 14.8. The molecule has 2 N–H and O–H groups in total. The van der Waals surface area contributed by atoms with Crippen LogP contribution in [0.25, 0.3) is 0 Å². The molecule has 0 aromatic carbocycles. The van der Waals surface area contributed by atoms with E-state index in [-0.39, 0.29) is 11.5 Å². The molecule has 0 bridgehead atoms. The van der Waals surface area contributed by atoms with Gasteiger partial charge < -0.3 is 5.73 Å². The van der Waals surface area contributed by atoms with E-state index in [1.807, 2.05) is 0 Å². The fourth-order valence-electron chi connectivity index (χ4n) is 1.79. The summed E-state index contributed by atoms with van der Waals surface area (Å²) in [6, 6.07) is -0.873. The minimum Gasteiger partial charge on any atom is -0.364 e. The Morgan fingerprint density at radius 1 is 1.42 bits per heavy atom. The van der Waals surface area contributed by atoms with Gasteiger partial charge in [-0.3, -0.25) is 14.6 Å². The van der Waals surface area contributed by atoms with E-state index in [2.05, 4.69) is 4.98 Å². The molecule has 1 aromatic heterocycles. The first-order valence-electron chi connectivity index (χ1n) is 5.52. The Hall–Kier alpha value is -1.92. The predicted molar refractivity (Wildman–Crippen MR) is 61.5 cm³/mol. The van der Waals surface area contributed by atoms with Crippen LogP contribution in [-0.2, 0) is 10.7 Å². The third-order valence-electron chi connectivity index (χ3n) is 2.57. The summed E-state index contributed by atoms with van der Waals surface area (Å²) in [4.78, 5) is 25.0. The lowest BCUT2D eigenvalue weighted by atomic mass is 9.91. The summed E-state index contributed by atoms with van der Waals surface area (Å²) in [6.45, 7) is 3.24. The zero-order valence-corrected chi connectivity index (χ0v) is 10.4. The largest absolute Gasteiger partial charge is 0.364 e. The van der Waals surface area contributed by atoms with Gasteiger partial charge in [0.1, 0.15) is 12.1 Å². The standard InChI is InChI=1S/C12H13F3N2O2/c1-6(2)7-3-4-17-10(11(16)19)9(7)12(14,15)5-8(13)18/h3-4,6H,5H2,1-2H3,(H2,16,19). The van der Waals surface area contributed by atoms with Crippen molar-refractivity contribution in [3.8, 4) is 0 Å². The maximum atomic E-state index is 13.9. The van der Waals surface area contributed by atoms with Crippen molar-refractivity contribution in [1.82, 2.24) is 4.98 Å². The van der Waals surface area contributed by atoms with Crippen molar-refractivity contribution in [2.75, 3.05) is 0 Å². The van der Waals surface area contributed by atoms with Gasteiger partial charge in [0.2, 0.25) is 0 Å². The van der Waals surface area contributed by atoms with Crippen LogP contribution in [0.2, 0.25) is 0 Å². The molecule has 7 heteroatoms. The predicted octanol–water partition coefficient (Wildman–Crippen LogP) is 2.28. The van der Waals surface area contributed by atoms with Crippen LogP contribution in [0.1, 0.15) is 47.8 Å². The molecule has 0 atom stereocenters. The Labute approximate surface area is 107 Å². The highest BCUT2D eigenvalue weighted by Gasteiger charge is 2.41. The minimum atomic E-state index is -3.83. The number of carbonyl (C=O) groups excluding carboxylic acids is 2. The average Bonchev–Trinajstić information content (AvgIpc) is 2.26. The SMILES string of the molecule is CC(C)c1ccnc(C(N)=O)c1C(F)(F)CC(=O)F. The monoisotopic (exact) mass is 274 g/mol. The Morgan fingerprint density at radius 2 is 2.00 bits per heavy atom. The van der Waals surface area contributed by atoms with Gasteiger partial charge in [-0.25, -0.2) is 8.78 Å². The smallest absolute Gasteiger partial charge is 0.307 e. The average molecular weight is 274 g/mol. The van der Waals surface area contributed by atoms with E-state index in [4.69, 9.17) is 5.73 Å². The third-order valence-corrected chi connectivity index (χ3v) is 2.57. The van der Waals surface area contributed by atoms with E-state index in [9.17, 15) is 22.8 Å². The first-order chi connectivity index (χ1) is 8.66. The van der Waals surface area contributed by atoms with Gasteiger partial charge in [-0.2, -0.15) is 4.39 Å². The summed E-state index contributed by atoms with van der Waals surface area (Å²) in [5.74, 6) is -5.34. The van der Waals surface area contributed by atoms with Gasteiger partial charge in [-0.05, 0) is 17.5 Å². The molecule has 0 aliphatic rings. The molecule has 0 unspecified atom stereocenters. The highest BCUT2D eigenvalue weighted by molar-refractivity contribution is 5.93. The van der Waals surface area contributed by atoms with Gasteiger partial charge in [0.25, 0.3) is 11.8 Å². The van der Waals surface area contributed by atoms with E-state index in [0.717, 1.165) is 0 Å². The van der Waals surface area contributed by atoms with Crippen LogP contribution in [0.5, 0.6) is 0 Å². The molecule has 1 amide bonds. The van der Waals surface area contributed by atoms with Crippen LogP contribution in [0.4, 0.5) is 13.2 Å². The summed E-state index contributed by atoms with van der Waals surface area (Å²) in [7, 11) is 0. The van der Waals surface area contributed by atoms with Crippen molar-refractivity contribution >= 4 is 11.9 Å². The number of halogens is 3. The number of nitrogens with two attached hydrogens (primary N) is 1. The van der Waals surface area contributed by atoms with Crippen molar-refractivity contribution in [2.45, 2.75) is 32.1 Å². The molecule has 0 aliphatic heterocycles. The number of alkyl halides is 2. The molecule has 104 valence electrons. The Bertz CT molecular complexity index is 516. The Balaban J connectivity index is 3.52. The topological polar surface area (TPSA) is 73.0 Å². The number of carbonyl (C=O) groups is 2. The second-order valence-corrected chi connectivity index (χ2v) is 4.38. The molecule has 0 saturated heterocycles. The molecule has 1 heterocycles. The molecule has 0 saturated carbocycles. The number of primary amides is 1. The molecule has 1 aromatic rings. The highest BCUT2D eigenvalue weighted by atomic mass is 19.3. The second-order valence-electron chi connectivity index (χ2n) is 4.38. The van der Waals surface area contributed by atoms with Gasteiger partial charge in [0.05, 0.1) is 5.56 Å². The van der Waals surface area contributed by atoms with Crippen LogP contribution in [0.15, 0.2) is 12.3 Å². The van der Waals surface area contributed by atoms with Gasteiger partial charge >= 0.3 is 6.04 Å². The number of rotatable bonds is 5. The van der Waals surface area contributed by atoms with E-state index in [1.54, 1.807) is 13.8 Å². The first-order valence-corrected chi connectivity index (χ1v) is 5.52. The molecule has 4 nitrogen and oxygen atoms in total. The molecule has 0 radical (unpaired) electrons. The number of aromatic nitrogens is 1. The minimum absolute atomic E-state index is 0.107. The van der Waals surface area contributed by atoms with E-state index < -0.39 is 35.5 Å². The molecule has 0 fully saturated rings. The lowest BCUT2D eigenvalue weighted by Gasteiger charge is -2.21. The normalized spacial score (nSPS) is 11.7. The van der Waals surface area contributed by atoms with E-state index >= 15 is 0 Å². The molecule has 0 spiro atoms. The van der Waals surface area contributed by atoms with Gasteiger partial charge in [-0.1, -0.05) is 13.8 Å². The van der Waals surface area contributed by atoms with Gasteiger partial charge in [0, 0.05) is 6.20 Å². The maximum absolute atomic E-state index is 13.9. The number of amides is 1. The number of nitrogens with zero attached hydrogens (tertiary/aromatic N) is 1. The molecule has 19 heavy (non-hydrogen) atoms. The van der Waals surface area contributed by atoms with Crippen LogP contribution in [0, 0.1) is 0 Å². The van der Waals surface area contributed by atoms with Gasteiger partial charge in [-0.15, -0.1) is 0 Å². The van der Waals surface area contributed by atoms with Crippen LogP contribution < -0.4 is 5.73 Å². The maximum Gasteiger partial charge on any atom is 0.307 e. The van der Waals surface area contributed by atoms with Gasteiger partial charge in [0.15, 0.2) is 0 Å². The Morgan fingerprint density at radius 3 is 2.42 bits per heavy atom. The van der Waals surface area contributed by atoms with Crippen LogP contribution >= 0.6 is 0 Å². The molecule has 0 aliphatic carbocycles. The number of hydrogen-bond acceptors (Lipinski definition) is 3. The molecular formula is C12H13F3N2O2. The van der Waals surface area contributed by atoms with E-state index in [1.165, 1.54) is 12.3 Å². The highest BCUT2D eigenvalue weighted by Crippen LogP contribution is 2.38. The fraction of sp³-hybridized carbons (Fsp3) is 0.417. The number of hydrogen-bond donors (Lipinski definition) is 1. The summed E-state index contributed by atoms with van der Waals surface area (Å²) in [6.07, 6.45) is -0.467. The van der Waals surface area contributed by atoms with Crippen LogP contribution in [0.3, 0.4) is 0 Å². The summed E-state index contributed by atoms with van der Waals surface area (Å²) < 4.78 is 40.2. The van der Waals surface area contributed by atoms with Crippen molar-refractivity contribution < 1.29 is 22.8 Å². The fourth-order valence-corrected chi connectivity index (χ4v) is 1.79. The molecule has 1 rings (SSSR count). The first kappa shape index (κ1) is 15.1. The second kappa shape index (κ2) is 5.38. The van der Waals surface area contributed by atoms with Crippen molar-refractivity contribution in [1.29, 1.82) is 0 Å². The lowest BCUT2D eigenvalue weighted by Crippen LogP contribution is -2.27. The van der Waals surface area contributed by atoms with Crippen molar-refractivity contribution in [3.63, 3.8) is 0 Å². The van der Waals surface area contributed by atoms with E-state index in [0.29, 0.717) is 0 Å². The van der Waals surface area contributed by atoms with Crippen molar-refractivity contribution in [2.24, 2.45) is 5.73 Å². The third kappa shape index (κ3) is 3.30. The Kier molecular flexibility index (Phi) is 4.28. The van der Waals surface area contributed by atoms with Crippen molar-refractivity contribution in [3.05, 3.63) is 29.1 Å². The lowest BCUT2D eigenvalue weighted by molar-refractivity contribution is -0.137. The zero-order valence-electron chi connectivity index (χ0n) is 10.4. The number of pyridine rings is 1. The summed E-state index contributed by atoms with van der Waals surface area (Å²) >= 11 is 0. The quantitative estimate of drug-likeness (QED) is 0.837.